The Kier molecular flexibility index (Phi) is 3.54. The van der Waals surface area contributed by atoms with Crippen LogP contribution in [-0.2, 0) is 0 Å². The Bertz CT molecular complexity index is 604. The van der Waals surface area contributed by atoms with Crippen molar-refractivity contribution in [1.82, 2.24) is 14.6 Å². The lowest BCUT2D eigenvalue weighted by Crippen LogP contribution is -2.26. The standard InChI is InChI=1S/C10H8F3N3O3/c11-3-5(12)9(13)19-8-2-1-7-14-4-6(10(17)18)16(7)15-8/h1-2,4-5,9H,3H2,(H,17,18). The normalized spacial score (nSPS) is 14.3. The van der Waals surface area contributed by atoms with Crippen LogP contribution in [0.5, 0.6) is 5.88 Å². The fourth-order valence-corrected chi connectivity index (χ4v) is 1.32. The highest BCUT2D eigenvalue weighted by atomic mass is 19.2. The number of carbonyl (C=O) groups is 1. The van der Waals surface area contributed by atoms with Gasteiger partial charge in [0.2, 0.25) is 5.88 Å². The molecular weight excluding hydrogens is 267 g/mol. The van der Waals surface area contributed by atoms with E-state index >= 15 is 0 Å². The number of aromatic nitrogens is 3. The molecule has 0 saturated carbocycles. The smallest absolute Gasteiger partial charge is 0.356 e. The fourth-order valence-electron chi connectivity index (χ4n) is 1.32. The number of ether oxygens (including phenoxy) is 1. The second kappa shape index (κ2) is 5.12. The number of fused-ring (bicyclic) bond motifs is 1. The van der Waals surface area contributed by atoms with Crippen LogP contribution in [0.2, 0.25) is 0 Å². The maximum atomic E-state index is 13.0. The monoisotopic (exact) mass is 275 g/mol. The Morgan fingerprint density at radius 2 is 2.21 bits per heavy atom. The summed E-state index contributed by atoms with van der Waals surface area (Å²) < 4.78 is 43.0. The Labute approximate surface area is 104 Å². The zero-order chi connectivity index (χ0) is 14.0. The molecule has 0 aliphatic rings. The summed E-state index contributed by atoms with van der Waals surface area (Å²) in [6, 6.07) is 2.48. The Balaban J connectivity index is 2.30. The minimum absolute atomic E-state index is 0.197. The molecule has 6 nitrogen and oxygen atoms in total. The fraction of sp³-hybridized carbons (Fsp3) is 0.300. The zero-order valence-electron chi connectivity index (χ0n) is 9.33. The molecule has 0 aliphatic carbocycles. The van der Waals surface area contributed by atoms with E-state index in [-0.39, 0.29) is 17.2 Å². The van der Waals surface area contributed by atoms with E-state index in [1.54, 1.807) is 0 Å². The number of imidazole rings is 1. The van der Waals surface area contributed by atoms with Crippen molar-refractivity contribution in [2.45, 2.75) is 12.5 Å². The molecule has 0 amide bonds. The van der Waals surface area contributed by atoms with Gasteiger partial charge in [0.1, 0.15) is 6.67 Å². The summed E-state index contributed by atoms with van der Waals surface area (Å²) in [7, 11) is 0. The van der Waals surface area contributed by atoms with Gasteiger partial charge in [0.25, 0.3) is 6.36 Å². The molecule has 0 bridgehead atoms. The number of aromatic carboxylic acids is 1. The molecule has 0 saturated heterocycles. The third kappa shape index (κ3) is 2.59. The van der Waals surface area contributed by atoms with Crippen LogP contribution in [0.15, 0.2) is 18.3 Å². The molecule has 0 aromatic carbocycles. The van der Waals surface area contributed by atoms with Crippen molar-refractivity contribution in [3.05, 3.63) is 24.0 Å². The Morgan fingerprint density at radius 3 is 2.84 bits per heavy atom. The van der Waals surface area contributed by atoms with Crippen molar-refractivity contribution in [1.29, 1.82) is 0 Å². The Hall–Kier alpha value is -2.32. The highest BCUT2D eigenvalue weighted by molar-refractivity contribution is 5.86. The summed E-state index contributed by atoms with van der Waals surface area (Å²) in [5, 5.41) is 12.5. The maximum Gasteiger partial charge on any atom is 0.356 e. The van der Waals surface area contributed by atoms with Gasteiger partial charge in [-0.15, -0.1) is 5.10 Å². The Morgan fingerprint density at radius 1 is 1.47 bits per heavy atom. The molecule has 102 valence electrons. The van der Waals surface area contributed by atoms with E-state index in [1.165, 1.54) is 12.1 Å². The molecule has 0 radical (unpaired) electrons. The lowest BCUT2D eigenvalue weighted by atomic mass is 10.4. The van der Waals surface area contributed by atoms with Crippen molar-refractivity contribution < 1.29 is 27.8 Å². The predicted octanol–water partition coefficient (Wildman–Crippen LogP) is 1.41. The van der Waals surface area contributed by atoms with E-state index in [0.29, 0.717) is 0 Å². The van der Waals surface area contributed by atoms with Gasteiger partial charge < -0.3 is 9.84 Å². The van der Waals surface area contributed by atoms with Crippen LogP contribution in [0.3, 0.4) is 0 Å². The van der Waals surface area contributed by atoms with E-state index in [1.807, 2.05) is 0 Å². The number of carboxylic acid groups (broad SMARTS) is 1. The third-order valence-electron chi connectivity index (χ3n) is 2.22. The van der Waals surface area contributed by atoms with Crippen molar-refractivity contribution in [3.8, 4) is 5.88 Å². The van der Waals surface area contributed by atoms with E-state index in [0.717, 1.165) is 10.7 Å². The summed E-state index contributed by atoms with van der Waals surface area (Å²) in [6.45, 7) is -1.53. The number of rotatable bonds is 5. The molecule has 19 heavy (non-hydrogen) atoms. The minimum atomic E-state index is -2.52. The van der Waals surface area contributed by atoms with Crippen LogP contribution in [0.4, 0.5) is 13.2 Å². The van der Waals surface area contributed by atoms with Crippen molar-refractivity contribution in [3.63, 3.8) is 0 Å². The minimum Gasteiger partial charge on any atom is -0.476 e. The SMILES string of the molecule is O=C(O)c1cnc2ccc(OC(F)C(F)CF)nn12. The second-order valence-corrected chi connectivity index (χ2v) is 3.53. The first-order chi connectivity index (χ1) is 9.02. The van der Waals surface area contributed by atoms with Gasteiger partial charge in [0.15, 0.2) is 17.5 Å². The first-order valence-corrected chi connectivity index (χ1v) is 5.11. The summed E-state index contributed by atoms with van der Waals surface area (Å²) in [4.78, 5) is 14.6. The van der Waals surface area contributed by atoms with E-state index < -0.39 is 25.2 Å². The molecule has 0 spiro atoms. The maximum absolute atomic E-state index is 13.0. The summed E-state index contributed by atoms with van der Waals surface area (Å²) in [6.07, 6.45) is -3.90. The number of halogens is 3. The number of nitrogens with zero attached hydrogens (tertiary/aromatic N) is 3. The molecular formula is C10H8F3N3O3. The molecule has 2 atom stereocenters. The molecule has 2 aromatic heterocycles. The van der Waals surface area contributed by atoms with Crippen LogP contribution in [0.1, 0.15) is 10.5 Å². The van der Waals surface area contributed by atoms with E-state index in [2.05, 4.69) is 14.8 Å². The van der Waals surface area contributed by atoms with Crippen molar-refractivity contribution >= 4 is 11.6 Å². The largest absolute Gasteiger partial charge is 0.476 e. The second-order valence-electron chi connectivity index (χ2n) is 3.53. The third-order valence-corrected chi connectivity index (χ3v) is 2.22. The van der Waals surface area contributed by atoms with Crippen molar-refractivity contribution in [2.24, 2.45) is 0 Å². The molecule has 2 heterocycles. The first kappa shape index (κ1) is 13.1. The highest BCUT2D eigenvalue weighted by Crippen LogP contribution is 2.15. The van der Waals surface area contributed by atoms with Gasteiger partial charge in [-0.1, -0.05) is 0 Å². The number of alkyl halides is 3. The number of hydrogen-bond donors (Lipinski definition) is 1. The quantitative estimate of drug-likeness (QED) is 0.892. The van der Waals surface area contributed by atoms with Crippen LogP contribution in [0, 0.1) is 0 Å². The van der Waals surface area contributed by atoms with Gasteiger partial charge >= 0.3 is 5.97 Å². The molecule has 1 N–H and O–H groups in total. The van der Waals surface area contributed by atoms with Crippen LogP contribution >= 0.6 is 0 Å². The number of hydrogen-bond acceptors (Lipinski definition) is 4. The molecule has 2 unspecified atom stereocenters. The zero-order valence-corrected chi connectivity index (χ0v) is 9.33. The molecule has 2 rings (SSSR count). The van der Waals surface area contributed by atoms with E-state index in [9.17, 15) is 18.0 Å². The van der Waals surface area contributed by atoms with Crippen LogP contribution in [0.25, 0.3) is 5.65 Å². The lowest BCUT2D eigenvalue weighted by Gasteiger charge is -2.12. The topological polar surface area (TPSA) is 76.7 Å². The predicted molar refractivity (Wildman–Crippen MR) is 56.3 cm³/mol. The number of carboxylic acids is 1. The van der Waals surface area contributed by atoms with Gasteiger partial charge in [-0.25, -0.2) is 23.1 Å². The van der Waals surface area contributed by atoms with Crippen LogP contribution in [-0.4, -0.2) is 44.9 Å². The molecule has 0 aliphatic heterocycles. The molecule has 9 heteroatoms. The summed E-state index contributed by atoms with van der Waals surface area (Å²) in [5.41, 5.74) is -0.0689. The van der Waals surface area contributed by atoms with Gasteiger partial charge in [-0.3, -0.25) is 0 Å². The molecule has 2 aromatic rings. The average molecular weight is 275 g/mol. The van der Waals surface area contributed by atoms with Crippen molar-refractivity contribution in [2.75, 3.05) is 6.67 Å². The van der Waals surface area contributed by atoms with E-state index in [4.69, 9.17) is 5.11 Å². The summed E-state index contributed by atoms with van der Waals surface area (Å²) in [5.74, 6) is -1.67. The summed E-state index contributed by atoms with van der Waals surface area (Å²) >= 11 is 0. The van der Waals surface area contributed by atoms with Gasteiger partial charge in [-0.2, -0.15) is 4.39 Å². The van der Waals surface area contributed by atoms with Crippen LogP contribution < -0.4 is 4.74 Å². The van der Waals surface area contributed by atoms with Gasteiger partial charge in [0.05, 0.1) is 6.20 Å². The van der Waals surface area contributed by atoms with Gasteiger partial charge in [-0.05, 0) is 6.07 Å². The highest BCUT2D eigenvalue weighted by Gasteiger charge is 2.23. The lowest BCUT2D eigenvalue weighted by molar-refractivity contribution is -0.0184. The van der Waals surface area contributed by atoms with Gasteiger partial charge in [0, 0.05) is 6.07 Å². The average Bonchev–Trinajstić information content (AvgIpc) is 2.80. The molecule has 0 fully saturated rings. The first-order valence-electron chi connectivity index (χ1n) is 5.11.